The van der Waals surface area contributed by atoms with Crippen LogP contribution in [0.1, 0.15) is 10.4 Å². The van der Waals surface area contributed by atoms with E-state index in [9.17, 15) is 0 Å². The minimum absolute atomic E-state index is 0. The number of hydrogen-bond donors (Lipinski definition) is 2. The molecule has 0 bridgehead atoms. The average molecular weight is 454 g/mol. The second-order valence-corrected chi connectivity index (χ2v) is 5.88. The molecule has 126 valence electrons. The zero-order valence-corrected chi connectivity index (χ0v) is 16.4. The number of hydrogen-bond acceptors (Lipinski definition) is 4. The summed E-state index contributed by atoms with van der Waals surface area (Å²) >= 11 is 1.73. The van der Waals surface area contributed by atoms with Crippen molar-refractivity contribution in [1.29, 1.82) is 0 Å². The molecule has 2 N–H and O–H groups in total. The highest BCUT2D eigenvalue weighted by molar-refractivity contribution is 14.0. The monoisotopic (exact) mass is 454 g/mol. The molecule has 24 heavy (non-hydrogen) atoms. The Balaban J connectivity index is 0.00000208. The molecule has 3 aromatic heterocycles. The van der Waals surface area contributed by atoms with Gasteiger partial charge in [-0.2, -0.15) is 0 Å². The molecule has 0 amide bonds. The first-order valence-corrected chi connectivity index (χ1v) is 8.13. The Morgan fingerprint density at radius 1 is 1.25 bits per heavy atom. The third-order valence-corrected chi connectivity index (χ3v) is 4.15. The van der Waals surface area contributed by atoms with Crippen molar-refractivity contribution in [2.45, 2.75) is 13.1 Å². The minimum atomic E-state index is 0. The summed E-state index contributed by atoms with van der Waals surface area (Å²) in [5.74, 6) is 1.63. The average Bonchev–Trinajstić information content (AvgIpc) is 3.29. The van der Waals surface area contributed by atoms with Crippen molar-refractivity contribution in [3.63, 3.8) is 0 Å². The smallest absolute Gasteiger partial charge is 0.191 e. The molecule has 3 rings (SSSR count). The van der Waals surface area contributed by atoms with Gasteiger partial charge in [0.2, 0.25) is 0 Å². The highest BCUT2D eigenvalue weighted by atomic mass is 127. The van der Waals surface area contributed by atoms with Gasteiger partial charge < -0.3 is 10.6 Å². The molecule has 0 aliphatic carbocycles. The van der Waals surface area contributed by atoms with Gasteiger partial charge in [0, 0.05) is 37.1 Å². The van der Waals surface area contributed by atoms with Crippen molar-refractivity contribution in [3.05, 3.63) is 65.0 Å². The lowest BCUT2D eigenvalue weighted by Gasteiger charge is -2.12. The fraction of sp³-hybridized carbons (Fsp3) is 0.188. The van der Waals surface area contributed by atoms with Gasteiger partial charge in [0.1, 0.15) is 12.1 Å². The third kappa shape index (κ3) is 5.03. The summed E-state index contributed by atoms with van der Waals surface area (Å²) in [5, 5.41) is 8.69. The van der Waals surface area contributed by atoms with Gasteiger partial charge in [-0.15, -0.1) is 35.3 Å². The van der Waals surface area contributed by atoms with Crippen LogP contribution in [-0.2, 0) is 13.1 Å². The topological polar surface area (TPSA) is 67.1 Å². The summed E-state index contributed by atoms with van der Waals surface area (Å²) in [6, 6.07) is 8.17. The fourth-order valence-electron chi connectivity index (χ4n) is 2.10. The number of aromatic nitrogens is 3. The van der Waals surface area contributed by atoms with Crippen LogP contribution in [0.15, 0.2) is 59.6 Å². The predicted molar refractivity (Wildman–Crippen MR) is 108 cm³/mol. The highest BCUT2D eigenvalue weighted by Gasteiger charge is 2.02. The van der Waals surface area contributed by atoms with Crippen LogP contribution in [0.2, 0.25) is 0 Å². The van der Waals surface area contributed by atoms with Crippen LogP contribution in [-0.4, -0.2) is 27.5 Å². The van der Waals surface area contributed by atoms with Crippen LogP contribution >= 0.6 is 35.3 Å². The van der Waals surface area contributed by atoms with Crippen molar-refractivity contribution < 1.29 is 0 Å². The first kappa shape index (κ1) is 18.4. The van der Waals surface area contributed by atoms with E-state index in [1.165, 1.54) is 4.88 Å². The zero-order chi connectivity index (χ0) is 15.9. The largest absolute Gasteiger partial charge is 0.352 e. The molecule has 3 aromatic rings. The second kappa shape index (κ2) is 9.38. The minimum Gasteiger partial charge on any atom is -0.352 e. The van der Waals surface area contributed by atoms with E-state index in [-0.39, 0.29) is 24.0 Å². The quantitative estimate of drug-likeness (QED) is 0.354. The Bertz CT molecular complexity index is 755. The number of aliphatic imine (C=N–C) groups is 1. The maximum Gasteiger partial charge on any atom is 0.191 e. The van der Waals surface area contributed by atoms with Crippen LogP contribution in [0, 0.1) is 0 Å². The zero-order valence-electron chi connectivity index (χ0n) is 13.2. The molecule has 0 unspecified atom stereocenters. The van der Waals surface area contributed by atoms with Crippen molar-refractivity contribution in [2.75, 3.05) is 7.05 Å². The van der Waals surface area contributed by atoms with Gasteiger partial charge in [0.25, 0.3) is 0 Å². The molecule has 0 atom stereocenters. The lowest BCUT2D eigenvalue weighted by Crippen LogP contribution is -2.36. The molecule has 6 nitrogen and oxygen atoms in total. The van der Waals surface area contributed by atoms with E-state index in [1.54, 1.807) is 37.1 Å². The lowest BCUT2D eigenvalue weighted by atomic mass is 10.2. The van der Waals surface area contributed by atoms with E-state index in [2.05, 4.69) is 37.0 Å². The van der Waals surface area contributed by atoms with E-state index >= 15 is 0 Å². The van der Waals surface area contributed by atoms with Gasteiger partial charge in [0.05, 0.1) is 6.54 Å². The molecule has 0 spiro atoms. The number of imidazole rings is 1. The molecule has 0 aliphatic heterocycles. The SMILES string of the molecule is CN=C(NCc1ccnc(-n2ccnc2)c1)NCc1cccs1.I. The predicted octanol–water partition coefficient (Wildman–Crippen LogP) is 2.81. The van der Waals surface area contributed by atoms with Crippen molar-refractivity contribution in [3.8, 4) is 5.82 Å². The summed E-state index contributed by atoms with van der Waals surface area (Å²) in [5.41, 5.74) is 1.13. The van der Waals surface area contributed by atoms with Crippen molar-refractivity contribution >= 4 is 41.3 Å². The van der Waals surface area contributed by atoms with Crippen LogP contribution in [0.25, 0.3) is 5.82 Å². The molecule has 0 fully saturated rings. The Hall–Kier alpha value is -1.94. The van der Waals surface area contributed by atoms with Crippen LogP contribution < -0.4 is 10.6 Å². The highest BCUT2D eigenvalue weighted by Crippen LogP contribution is 2.08. The van der Waals surface area contributed by atoms with Gasteiger partial charge in [-0.25, -0.2) is 9.97 Å². The summed E-state index contributed by atoms with van der Waals surface area (Å²) < 4.78 is 1.88. The number of nitrogens with one attached hydrogen (secondary N) is 2. The molecule has 3 heterocycles. The standard InChI is InChI=1S/C16H18N6S.HI/c1-17-16(21-11-14-3-2-8-23-14)20-10-13-4-5-19-15(9-13)22-7-6-18-12-22;/h2-9,12H,10-11H2,1H3,(H2,17,20,21);1H. The number of thiophene rings is 1. The summed E-state index contributed by atoms with van der Waals surface area (Å²) in [4.78, 5) is 13.9. The molecule has 0 saturated heterocycles. The van der Waals surface area contributed by atoms with E-state index in [0.717, 1.165) is 23.9 Å². The van der Waals surface area contributed by atoms with Gasteiger partial charge in [-0.3, -0.25) is 9.56 Å². The first-order chi connectivity index (χ1) is 11.3. The number of guanidine groups is 1. The van der Waals surface area contributed by atoms with Crippen molar-refractivity contribution in [2.24, 2.45) is 4.99 Å². The van der Waals surface area contributed by atoms with Gasteiger partial charge in [-0.05, 0) is 29.1 Å². The first-order valence-electron chi connectivity index (χ1n) is 7.25. The Kier molecular flexibility index (Phi) is 7.19. The van der Waals surface area contributed by atoms with Crippen molar-refractivity contribution in [1.82, 2.24) is 25.2 Å². The van der Waals surface area contributed by atoms with E-state index in [4.69, 9.17) is 0 Å². The molecule has 8 heteroatoms. The number of nitrogens with zero attached hydrogens (tertiary/aromatic N) is 4. The van der Waals surface area contributed by atoms with Gasteiger partial charge >= 0.3 is 0 Å². The molecule has 0 radical (unpaired) electrons. The molecule has 0 aliphatic rings. The Labute approximate surface area is 162 Å². The van der Waals surface area contributed by atoms with Crippen LogP contribution in [0.5, 0.6) is 0 Å². The number of pyridine rings is 1. The third-order valence-electron chi connectivity index (χ3n) is 3.27. The molecular formula is C16H19IN6S. The molecular weight excluding hydrogens is 435 g/mol. The molecule has 0 aromatic carbocycles. The summed E-state index contributed by atoms with van der Waals surface area (Å²) in [7, 11) is 1.77. The number of rotatable bonds is 5. The molecule has 0 saturated carbocycles. The van der Waals surface area contributed by atoms with E-state index in [0.29, 0.717) is 6.54 Å². The maximum absolute atomic E-state index is 4.35. The Morgan fingerprint density at radius 2 is 2.12 bits per heavy atom. The van der Waals surface area contributed by atoms with Gasteiger partial charge in [-0.1, -0.05) is 6.07 Å². The fourth-order valence-corrected chi connectivity index (χ4v) is 2.74. The second-order valence-electron chi connectivity index (χ2n) is 4.85. The van der Waals surface area contributed by atoms with Crippen LogP contribution in [0.3, 0.4) is 0 Å². The number of halogens is 1. The van der Waals surface area contributed by atoms with E-state index < -0.39 is 0 Å². The normalized spacial score (nSPS) is 11.0. The van der Waals surface area contributed by atoms with E-state index in [1.807, 2.05) is 29.0 Å². The maximum atomic E-state index is 4.35. The summed E-state index contributed by atoms with van der Waals surface area (Å²) in [6.07, 6.45) is 7.15. The Morgan fingerprint density at radius 3 is 2.83 bits per heavy atom. The van der Waals surface area contributed by atoms with Crippen LogP contribution in [0.4, 0.5) is 0 Å². The lowest BCUT2D eigenvalue weighted by molar-refractivity contribution is 0.812. The van der Waals surface area contributed by atoms with Gasteiger partial charge in [0.15, 0.2) is 5.96 Å². The summed E-state index contributed by atoms with van der Waals surface area (Å²) in [6.45, 7) is 1.45.